The van der Waals surface area contributed by atoms with Crippen LogP contribution in [0.1, 0.15) is 13.3 Å². The van der Waals surface area contributed by atoms with Crippen molar-refractivity contribution in [1.29, 1.82) is 0 Å². The highest BCUT2D eigenvalue weighted by Gasteiger charge is 2.26. The minimum absolute atomic E-state index is 0.182. The smallest absolute Gasteiger partial charge is 0.265 e. The van der Waals surface area contributed by atoms with Gasteiger partial charge >= 0.3 is 0 Å². The van der Waals surface area contributed by atoms with Crippen molar-refractivity contribution >= 4 is 21.6 Å². The minimum atomic E-state index is -3.57. The maximum atomic E-state index is 12.7. The van der Waals surface area contributed by atoms with Crippen LogP contribution in [0.5, 0.6) is 11.5 Å². The van der Waals surface area contributed by atoms with E-state index in [0.717, 1.165) is 0 Å². The third-order valence-corrected chi connectivity index (χ3v) is 6.63. The molecule has 0 spiro atoms. The Bertz CT molecular complexity index is 956. The number of nitrogens with zero attached hydrogens (tertiary/aromatic N) is 1. The summed E-state index contributed by atoms with van der Waals surface area (Å²) in [5.41, 5.74) is 0.494. The van der Waals surface area contributed by atoms with E-state index in [1.807, 2.05) is 6.92 Å². The van der Waals surface area contributed by atoms with E-state index in [-0.39, 0.29) is 10.8 Å². The van der Waals surface area contributed by atoms with E-state index >= 15 is 0 Å². The molecule has 30 heavy (non-hydrogen) atoms. The molecule has 1 atom stereocenters. The Morgan fingerprint density at radius 2 is 1.80 bits per heavy atom. The molecule has 1 amide bonds. The van der Waals surface area contributed by atoms with E-state index < -0.39 is 16.1 Å². The lowest BCUT2D eigenvalue weighted by Gasteiger charge is -2.26. The second-order valence-electron chi connectivity index (χ2n) is 6.72. The van der Waals surface area contributed by atoms with Crippen LogP contribution in [0.15, 0.2) is 53.4 Å². The molecule has 0 aliphatic carbocycles. The number of methoxy groups -OCH3 is 1. The average molecular weight is 435 g/mol. The zero-order chi connectivity index (χ0) is 21.6. The summed E-state index contributed by atoms with van der Waals surface area (Å²) in [5.74, 6) is 0.854. The van der Waals surface area contributed by atoms with Gasteiger partial charge < -0.3 is 19.5 Å². The number of benzene rings is 2. The first kappa shape index (κ1) is 22.1. The van der Waals surface area contributed by atoms with Crippen molar-refractivity contribution in [3.63, 3.8) is 0 Å². The third kappa shape index (κ3) is 5.29. The van der Waals surface area contributed by atoms with Crippen LogP contribution in [0, 0.1) is 0 Å². The molecular formula is C21H26N2O6S. The molecule has 1 fully saturated rings. The molecule has 3 rings (SSSR count). The van der Waals surface area contributed by atoms with Crippen LogP contribution in [0.4, 0.5) is 5.69 Å². The van der Waals surface area contributed by atoms with E-state index in [0.29, 0.717) is 49.9 Å². The van der Waals surface area contributed by atoms with Gasteiger partial charge in [0.1, 0.15) is 11.5 Å². The number of sulfonamides is 1. The number of hydrogen-bond acceptors (Lipinski definition) is 6. The number of hydrogen-bond donors (Lipinski definition) is 1. The number of carbonyl (C=O) groups is 1. The van der Waals surface area contributed by atoms with Gasteiger partial charge in [0.2, 0.25) is 10.0 Å². The van der Waals surface area contributed by atoms with Crippen LogP contribution in [0.2, 0.25) is 0 Å². The summed E-state index contributed by atoms with van der Waals surface area (Å²) in [4.78, 5) is 12.8. The molecule has 0 radical (unpaired) electrons. The van der Waals surface area contributed by atoms with Crippen molar-refractivity contribution in [3.05, 3.63) is 48.5 Å². The van der Waals surface area contributed by atoms with Gasteiger partial charge in [0.15, 0.2) is 6.10 Å². The van der Waals surface area contributed by atoms with Gasteiger partial charge in [-0.25, -0.2) is 8.42 Å². The third-order valence-electron chi connectivity index (χ3n) is 4.71. The van der Waals surface area contributed by atoms with Crippen molar-refractivity contribution in [2.75, 3.05) is 38.7 Å². The fraction of sp³-hybridized carbons (Fsp3) is 0.381. The first-order valence-electron chi connectivity index (χ1n) is 9.73. The number of carbonyl (C=O) groups excluding carboxylic acids is 1. The second kappa shape index (κ2) is 9.92. The highest BCUT2D eigenvalue weighted by molar-refractivity contribution is 7.89. The molecule has 1 heterocycles. The number of nitrogens with one attached hydrogen (secondary N) is 1. The molecule has 0 aromatic heterocycles. The maximum Gasteiger partial charge on any atom is 0.265 e. The Labute approximate surface area is 176 Å². The molecule has 2 aromatic carbocycles. The van der Waals surface area contributed by atoms with Gasteiger partial charge in [0.05, 0.1) is 25.2 Å². The summed E-state index contributed by atoms with van der Waals surface area (Å²) in [6.45, 7) is 3.29. The SMILES string of the molecule is CC[C@@H](Oc1cccc(OC)c1)C(=O)Nc1ccc(S(=O)(=O)N2CCOCC2)cc1. The van der Waals surface area contributed by atoms with Gasteiger partial charge in [-0.2, -0.15) is 4.31 Å². The van der Waals surface area contributed by atoms with Crippen LogP contribution in [-0.4, -0.2) is 58.1 Å². The molecule has 0 unspecified atom stereocenters. The number of ether oxygens (including phenoxy) is 3. The van der Waals surface area contributed by atoms with Gasteiger partial charge in [0.25, 0.3) is 5.91 Å². The Balaban J connectivity index is 1.65. The van der Waals surface area contributed by atoms with Crippen LogP contribution in [0.25, 0.3) is 0 Å². The minimum Gasteiger partial charge on any atom is -0.497 e. The van der Waals surface area contributed by atoms with E-state index in [1.54, 1.807) is 43.5 Å². The van der Waals surface area contributed by atoms with E-state index in [2.05, 4.69) is 5.32 Å². The van der Waals surface area contributed by atoms with E-state index in [4.69, 9.17) is 14.2 Å². The highest BCUT2D eigenvalue weighted by atomic mass is 32.2. The first-order chi connectivity index (χ1) is 14.4. The van der Waals surface area contributed by atoms with Gasteiger partial charge in [-0.05, 0) is 42.8 Å². The van der Waals surface area contributed by atoms with Crippen molar-refractivity contribution in [3.8, 4) is 11.5 Å². The van der Waals surface area contributed by atoms with Crippen LogP contribution >= 0.6 is 0 Å². The Morgan fingerprint density at radius 3 is 2.43 bits per heavy atom. The van der Waals surface area contributed by atoms with Crippen LogP contribution < -0.4 is 14.8 Å². The largest absolute Gasteiger partial charge is 0.497 e. The summed E-state index contributed by atoms with van der Waals surface area (Å²) < 4.78 is 42.9. The summed E-state index contributed by atoms with van der Waals surface area (Å²) in [7, 11) is -2.01. The average Bonchev–Trinajstić information content (AvgIpc) is 2.78. The summed E-state index contributed by atoms with van der Waals surface area (Å²) in [6.07, 6.45) is -0.235. The number of anilines is 1. The zero-order valence-corrected chi connectivity index (χ0v) is 17.9. The van der Waals surface area contributed by atoms with Gasteiger partial charge in [-0.3, -0.25) is 4.79 Å². The number of morpholine rings is 1. The molecule has 1 aliphatic rings. The van der Waals surface area contributed by atoms with Crippen molar-refractivity contribution in [2.24, 2.45) is 0 Å². The van der Waals surface area contributed by atoms with Crippen molar-refractivity contribution < 1.29 is 27.4 Å². The molecule has 1 aliphatic heterocycles. The van der Waals surface area contributed by atoms with E-state index in [9.17, 15) is 13.2 Å². The van der Waals surface area contributed by atoms with Crippen LogP contribution in [0.3, 0.4) is 0 Å². The van der Waals surface area contributed by atoms with E-state index in [1.165, 1.54) is 16.4 Å². The number of rotatable bonds is 8. The topological polar surface area (TPSA) is 94.2 Å². The molecule has 1 N–H and O–H groups in total. The first-order valence-corrected chi connectivity index (χ1v) is 11.2. The summed E-state index contributed by atoms with van der Waals surface area (Å²) >= 11 is 0. The molecule has 162 valence electrons. The Morgan fingerprint density at radius 1 is 1.13 bits per heavy atom. The second-order valence-corrected chi connectivity index (χ2v) is 8.66. The standard InChI is InChI=1S/C21H26N2O6S/c1-3-20(29-18-6-4-5-17(15-18)27-2)21(24)22-16-7-9-19(10-8-16)30(25,26)23-11-13-28-14-12-23/h4-10,15,20H,3,11-14H2,1-2H3,(H,22,24)/t20-/m1/s1. The summed E-state index contributed by atoms with van der Waals surface area (Å²) in [6, 6.07) is 13.2. The molecule has 0 bridgehead atoms. The normalized spacial score (nSPS) is 15.9. The molecule has 9 heteroatoms. The molecule has 8 nitrogen and oxygen atoms in total. The Kier molecular flexibility index (Phi) is 7.30. The molecular weight excluding hydrogens is 408 g/mol. The lowest BCUT2D eigenvalue weighted by Crippen LogP contribution is -2.40. The van der Waals surface area contributed by atoms with Crippen molar-refractivity contribution in [2.45, 2.75) is 24.3 Å². The predicted molar refractivity (Wildman–Crippen MR) is 112 cm³/mol. The quantitative estimate of drug-likeness (QED) is 0.686. The molecule has 1 saturated heterocycles. The fourth-order valence-corrected chi connectivity index (χ4v) is 4.44. The summed E-state index contributed by atoms with van der Waals surface area (Å²) in [5, 5.41) is 2.78. The maximum absolute atomic E-state index is 12.7. The Hall–Kier alpha value is -2.62. The number of amides is 1. The monoisotopic (exact) mass is 434 g/mol. The van der Waals surface area contributed by atoms with Crippen LogP contribution in [-0.2, 0) is 19.6 Å². The van der Waals surface area contributed by atoms with Gasteiger partial charge in [-0.1, -0.05) is 13.0 Å². The zero-order valence-electron chi connectivity index (χ0n) is 17.0. The highest BCUT2D eigenvalue weighted by Crippen LogP contribution is 2.22. The lowest BCUT2D eigenvalue weighted by molar-refractivity contribution is -0.122. The molecule has 2 aromatic rings. The predicted octanol–water partition coefficient (Wildman–Crippen LogP) is 2.51. The van der Waals surface area contributed by atoms with Gasteiger partial charge in [-0.15, -0.1) is 0 Å². The lowest BCUT2D eigenvalue weighted by atomic mass is 10.2. The molecule has 0 saturated carbocycles. The van der Waals surface area contributed by atoms with Gasteiger partial charge in [0, 0.05) is 24.8 Å². The fourth-order valence-electron chi connectivity index (χ4n) is 3.03. The van der Waals surface area contributed by atoms with Crippen molar-refractivity contribution in [1.82, 2.24) is 4.31 Å².